The van der Waals surface area contributed by atoms with Crippen molar-refractivity contribution in [3.8, 4) is 16.9 Å². The van der Waals surface area contributed by atoms with Crippen LogP contribution in [0.3, 0.4) is 0 Å². The van der Waals surface area contributed by atoms with Gasteiger partial charge in [-0.3, -0.25) is 4.90 Å². The van der Waals surface area contributed by atoms with Crippen molar-refractivity contribution in [3.05, 3.63) is 87.7 Å². The Balaban J connectivity index is 1.55. The number of carbonyl (C=O) groups excluding carboxylic acids is 1. The van der Waals surface area contributed by atoms with Crippen LogP contribution in [0.5, 0.6) is 5.75 Å². The van der Waals surface area contributed by atoms with Gasteiger partial charge in [0.2, 0.25) is 0 Å². The van der Waals surface area contributed by atoms with Gasteiger partial charge in [0.25, 0.3) is 0 Å². The summed E-state index contributed by atoms with van der Waals surface area (Å²) in [4.78, 5) is 14.4. The van der Waals surface area contributed by atoms with Gasteiger partial charge in [0.15, 0.2) is 0 Å². The second kappa shape index (κ2) is 11.1. The van der Waals surface area contributed by atoms with Crippen LogP contribution in [0.4, 0.5) is 35.5 Å². The molecule has 0 bridgehead atoms. The van der Waals surface area contributed by atoms with Gasteiger partial charge in [0.1, 0.15) is 17.7 Å². The summed E-state index contributed by atoms with van der Waals surface area (Å²) in [6.07, 6.45) is -10.3. The highest BCUT2D eigenvalue weighted by molar-refractivity contribution is 5.76. The van der Waals surface area contributed by atoms with Crippen molar-refractivity contribution in [2.24, 2.45) is 0 Å². The minimum absolute atomic E-state index is 0.0415. The molecule has 1 aliphatic carbocycles. The SMILES string of the molecule is COc1cc(F)c(C(C)C)cc1-c1ccc(C2CC2)cc1CN1C(=O)O[C@H](c2cc(C(F)(F)F)cc(C(F)(F)F)c2)[C@@H]1C. The van der Waals surface area contributed by atoms with Crippen LogP contribution in [0.15, 0.2) is 48.5 Å². The van der Waals surface area contributed by atoms with E-state index in [2.05, 4.69) is 0 Å². The van der Waals surface area contributed by atoms with Crippen LogP contribution in [-0.4, -0.2) is 24.1 Å². The number of nitrogens with zero attached hydrogens (tertiary/aromatic N) is 1. The van der Waals surface area contributed by atoms with Crippen LogP contribution >= 0.6 is 0 Å². The molecule has 2 fully saturated rings. The second-order valence-electron chi connectivity index (χ2n) is 11.4. The first-order valence-electron chi connectivity index (χ1n) is 13.9. The van der Waals surface area contributed by atoms with Crippen molar-refractivity contribution in [3.63, 3.8) is 0 Å². The Labute approximate surface area is 244 Å². The number of cyclic esters (lactones) is 1. The maximum Gasteiger partial charge on any atom is 0.416 e. The fourth-order valence-electron chi connectivity index (χ4n) is 5.56. The van der Waals surface area contributed by atoms with Gasteiger partial charge in [0.05, 0.1) is 30.8 Å². The summed E-state index contributed by atoms with van der Waals surface area (Å²) in [7, 11) is 1.42. The fourth-order valence-corrected chi connectivity index (χ4v) is 5.56. The van der Waals surface area contributed by atoms with Gasteiger partial charge in [0, 0.05) is 11.6 Å². The average Bonchev–Trinajstić information content (AvgIpc) is 3.74. The Morgan fingerprint density at radius 1 is 0.907 bits per heavy atom. The molecule has 2 atom stereocenters. The minimum Gasteiger partial charge on any atom is -0.496 e. The van der Waals surface area contributed by atoms with Crippen LogP contribution in [0.25, 0.3) is 11.1 Å². The Hall–Kier alpha value is -3.76. The molecule has 43 heavy (non-hydrogen) atoms. The molecule has 3 aromatic rings. The molecule has 1 saturated heterocycles. The lowest BCUT2D eigenvalue weighted by Crippen LogP contribution is -2.31. The van der Waals surface area contributed by atoms with E-state index in [9.17, 15) is 35.5 Å². The van der Waals surface area contributed by atoms with E-state index in [0.29, 0.717) is 40.3 Å². The predicted octanol–water partition coefficient (Wildman–Crippen LogP) is 9.62. The highest BCUT2D eigenvalue weighted by Gasteiger charge is 2.43. The zero-order chi connectivity index (χ0) is 31.4. The molecule has 0 aromatic heterocycles. The summed E-state index contributed by atoms with van der Waals surface area (Å²) in [5.41, 5.74) is 0.0400. The zero-order valence-electron chi connectivity index (χ0n) is 23.9. The van der Waals surface area contributed by atoms with Crippen molar-refractivity contribution >= 4 is 6.09 Å². The van der Waals surface area contributed by atoms with E-state index in [1.807, 2.05) is 32.0 Å². The molecule has 230 valence electrons. The normalized spacial score (nSPS) is 19.3. The highest BCUT2D eigenvalue weighted by Crippen LogP contribution is 2.45. The first-order chi connectivity index (χ1) is 20.1. The third-order valence-electron chi connectivity index (χ3n) is 8.08. The molecule has 0 radical (unpaired) electrons. The second-order valence-corrected chi connectivity index (χ2v) is 11.4. The van der Waals surface area contributed by atoms with E-state index in [0.717, 1.165) is 18.4 Å². The first-order valence-corrected chi connectivity index (χ1v) is 13.9. The van der Waals surface area contributed by atoms with Gasteiger partial charge in [-0.1, -0.05) is 32.0 Å². The molecule has 2 aliphatic rings. The molecular weight excluding hydrogens is 579 g/mol. The summed E-state index contributed by atoms with van der Waals surface area (Å²) in [5, 5.41) is 0. The van der Waals surface area contributed by atoms with Crippen molar-refractivity contribution in [2.75, 3.05) is 7.11 Å². The van der Waals surface area contributed by atoms with Gasteiger partial charge in [-0.2, -0.15) is 26.3 Å². The van der Waals surface area contributed by atoms with Crippen molar-refractivity contribution in [1.29, 1.82) is 0 Å². The van der Waals surface area contributed by atoms with Crippen molar-refractivity contribution in [2.45, 2.75) is 76.5 Å². The summed E-state index contributed by atoms with van der Waals surface area (Å²) in [6, 6.07) is 9.08. The van der Waals surface area contributed by atoms with Crippen molar-refractivity contribution < 1.29 is 45.0 Å². The van der Waals surface area contributed by atoms with Crippen LogP contribution in [0, 0.1) is 5.82 Å². The molecule has 0 N–H and O–H groups in total. The Morgan fingerprint density at radius 2 is 1.53 bits per heavy atom. The Bertz CT molecular complexity index is 1510. The topological polar surface area (TPSA) is 38.8 Å². The number of amides is 1. The van der Waals surface area contributed by atoms with E-state index in [4.69, 9.17) is 9.47 Å². The number of hydrogen-bond acceptors (Lipinski definition) is 3. The summed E-state index contributed by atoms with van der Waals surface area (Å²) < 4.78 is 107. The quantitative estimate of drug-likeness (QED) is 0.251. The summed E-state index contributed by atoms with van der Waals surface area (Å²) in [5.74, 6) is 0.0597. The number of alkyl halides is 6. The monoisotopic (exact) mass is 609 g/mol. The largest absolute Gasteiger partial charge is 0.496 e. The molecule has 3 aromatic carbocycles. The lowest BCUT2D eigenvalue weighted by atomic mass is 9.91. The number of halogens is 7. The van der Waals surface area contributed by atoms with Crippen LogP contribution in [0.1, 0.15) is 84.9 Å². The maximum atomic E-state index is 14.8. The smallest absolute Gasteiger partial charge is 0.416 e. The summed E-state index contributed by atoms with van der Waals surface area (Å²) in [6.45, 7) is 5.18. The van der Waals surface area contributed by atoms with Gasteiger partial charge >= 0.3 is 18.4 Å². The number of benzene rings is 3. The molecule has 0 unspecified atom stereocenters. The zero-order valence-corrected chi connectivity index (χ0v) is 23.9. The minimum atomic E-state index is -5.04. The molecule has 4 nitrogen and oxygen atoms in total. The molecule has 11 heteroatoms. The van der Waals surface area contributed by atoms with Crippen LogP contribution < -0.4 is 4.74 Å². The molecule has 1 aliphatic heterocycles. The predicted molar refractivity (Wildman–Crippen MR) is 145 cm³/mol. The van der Waals surface area contributed by atoms with Gasteiger partial charge in [-0.15, -0.1) is 0 Å². The number of rotatable bonds is 7. The summed E-state index contributed by atoms with van der Waals surface area (Å²) >= 11 is 0. The lowest BCUT2D eigenvalue weighted by Gasteiger charge is -2.24. The standard InChI is InChI=1S/C32H30F7NO3/c1-16(2)25-13-26(28(42-4)14-27(25)33)24-8-7-19(18-5-6-18)9-21(24)15-40-17(3)29(43-30(40)41)20-10-22(31(34,35)36)12-23(11-20)32(37,38)39/h7-14,16-18,29H,5-6,15H2,1-4H3/t17-,29-/m0/s1. The molecule has 1 amide bonds. The maximum absolute atomic E-state index is 14.8. The van der Waals surface area contributed by atoms with Gasteiger partial charge < -0.3 is 9.47 Å². The van der Waals surface area contributed by atoms with Crippen LogP contribution in [0.2, 0.25) is 0 Å². The number of hydrogen-bond donors (Lipinski definition) is 0. The average molecular weight is 610 g/mol. The van der Waals surface area contributed by atoms with E-state index in [1.54, 1.807) is 6.07 Å². The van der Waals surface area contributed by atoms with Gasteiger partial charge in [-0.05, 0) is 83.7 Å². The lowest BCUT2D eigenvalue weighted by molar-refractivity contribution is -0.143. The van der Waals surface area contributed by atoms with E-state index >= 15 is 0 Å². The van der Waals surface area contributed by atoms with E-state index < -0.39 is 53.1 Å². The van der Waals surface area contributed by atoms with E-state index in [-0.39, 0.29) is 24.3 Å². The van der Waals surface area contributed by atoms with E-state index in [1.165, 1.54) is 25.0 Å². The van der Waals surface area contributed by atoms with Crippen LogP contribution in [-0.2, 0) is 23.6 Å². The third kappa shape index (κ3) is 6.17. The fraction of sp³-hybridized carbons (Fsp3) is 0.406. The molecule has 1 saturated carbocycles. The molecule has 5 rings (SSSR count). The molecular formula is C32H30F7NO3. The third-order valence-corrected chi connectivity index (χ3v) is 8.08. The Kier molecular flexibility index (Phi) is 7.89. The highest BCUT2D eigenvalue weighted by atomic mass is 19.4. The first kappa shape index (κ1) is 30.7. The molecule has 1 heterocycles. The number of ether oxygens (including phenoxy) is 2. The number of carbonyl (C=O) groups is 1. The van der Waals surface area contributed by atoms with Gasteiger partial charge in [-0.25, -0.2) is 9.18 Å². The van der Waals surface area contributed by atoms with Crippen molar-refractivity contribution in [1.82, 2.24) is 4.90 Å². The molecule has 0 spiro atoms. The Morgan fingerprint density at radius 3 is 2.07 bits per heavy atom. The number of methoxy groups -OCH3 is 1.